The van der Waals surface area contributed by atoms with Crippen LogP contribution in [0, 0.1) is 11.6 Å². The van der Waals surface area contributed by atoms with Gasteiger partial charge in [-0.15, -0.1) is 0 Å². The van der Waals surface area contributed by atoms with E-state index in [1.807, 2.05) is 0 Å². The largest absolute Gasteiger partial charge is 0.489 e. The zero-order valence-corrected chi connectivity index (χ0v) is 12.6. The van der Waals surface area contributed by atoms with E-state index in [0.717, 1.165) is 12.1 Å². The fourth-order valence-corrected chi connectivity index (χ4v) is 2.32. The standard InChI is InChI=1S/C14H13BrF2N2O2/c15-11-6-9(16)7-12(17)14(11)21-5-1-4-19-8-10(18)2-3-13(19)20/h2-3,6-8H,1,4-5,18H2. The molecule has 0 saturated carbocycles. The highest BCUT2D eigenvalue weighted by Crippen LogP contribution is 2.29. The molecule has 0 radical (unpaired) electrons. The van der Waals surface area contributed by atoms with E-state index in [9.17, 15) is 13.6 Å². The molecule has 0 aliphatic carbocycles. The molecule has 0 aliphatic heterocycles. The first-order valence-corrected chi connectivity index (χ1v) is 7.00. The quantitative estimate of drug-likeness (QED) is 0.836. The topological polar surface area (TPSA) is 57.2 Å². The van der Waals surface area contributed by atoms with E-state index < -0.39 is 11.6 Å². The summed E-state index contributed by atoms with van der Waals surface area (Å²) in [7, 11) is 0. The zero-order valence-electron chi connectivity index (χ0n) is 11.0. The molecule has 0 fully saturated rings. The maximum absolute atomic E-state index is 13.5. The van der Waals surface area contributed by atoms with Gasteiger partial charge in [0.15, 0.2) is 11.6 Å². The first kappa shape index (κ1) is 15.5. The lowest BCUT2D eigenvalue weighted by Crippen LogP contribution is -2.20. The second kappa shape index (κ2) is 6.71. The lowest BCUT2D eigenvalue weighted by Gasteiger charge is -2.10. The van der Waals surface area contributed by atoms with Gasteiger partial charge in [-0.3, -0.25) is 4.79 Å². The molecule has 0 unspecified atom stereocenters. The first-order valence-electron chi connectivity index (χ1n) is 6.20. The van der Waals surface area contributed by atoms with Crippen molar-refractivity contribution in [3.05, 3.63) is 56.9 Å². The van der Waals surface area contributed by atoms with Gasteiger partial charge in [0.05, 0.1) is 11.1 Å². The molecule has 21 heavy (non-hydrogen) atoms. The number of pyridine rings is 1. The van der Waals surface area contributed by atoms with Crippen LogP contribution in [0.15, 0.2) is 39.7 Å². The molecule has 2 N–H and O–H groups in total. The van der Waals surface area contributed by atoms with Gasteiger partial charge in [-0.05, 0) is 34.5 Å². The van der Waals surface area contributed by atoms with Crippen molar-refractivity contribution < 1.29 is 13.5 Å². The van der Waals surface area contributed by atoms with E-state index in [0.29, 0.717) is 18.7 Å². The maximum Gasteiger partial charge on any atom is 0.250 e. The number of aryl methyl sites for hydroxylation is 1. The van der Waals surface area contributed by atoms with Gasteiger partial charge in [-0.25, -0.2) is 8.78 Å². The molecule has 0 saturated heterocycles. The summed E-state index contributed by atoms with van der Waals surface area (Å²) >= 11 is 3.04. The number of halogens is 3. The molecule has 1 heterocycles. The van der Waals surface area contributed by atoms with Gasteiger partial charge in [0.1, 0.15) is 5.82 Å². The number of rotatable bonds is 5. The van der Waals surface area contributed by atoms with Gasteiger partial charge < -0.3 is 15.0 Å². The molecule has 2 rings (SSSR count). The van der Waals surface area contributed by atoms with E-state index in [1.165, 1.54) is 22.9 Å². The number of nitrogens with two attached hydrogens (primary N) is 1. The van der Waals surface area contributed by atoms with Crippen molar-refractivity contribution in [1.82, 2.24) is 4.57 Å². The highest BCUT2D eigenvalue weighted by atomic mass is 79.9. The molecular weight excluding hydrogens is 346 g/mol. The SMILES string of the molecule is Nc1ccc(=O)n(CCCOc2c(F)cc(F)cc2Br)c1. The van der Waals surface area contributed by atoms with Gasteiger partial charge >= 0.3 is 0 Å². The minimum Gasteiger partial charge on any atom is -0.489 e. The summed E-state index contributed by atoms with van der Waals surface area (Å²) < 4.78 is 33.4. The van der Waals surface area contributed by atoms with Crippen molar-refractivity contribution >= 4 is 21.6 Å². The summed E-state index contributed by atoms with van der Waals surface area (Å²) in [5, 5.41) is 0. The normalized spacial score (nSPS) is 10.6. The Kier molecular flexibility index (Phi) is 4.95. The summed E-state index contributed by atoms with van der Waals surface area (Å²) in [6.07, 6.45) is 2.02. The van der Waals surface area contributed by atoms with E-state index in [2.05, 4.69) is 15.9 Å². The Morgan fingerprint density at radius 2 is 2.05 bits per heavy atom. The second-order valence-electron chi connectivity index (χ2n) is 4.39. The number of aromatic nitrogens is 1. The van der Waals surface area contributed by atoms with Gasteiger partial charge in [0.25, 0.3) is 5.56 Å². The first-order chi connectivity index (χ1) is 9.97. The number of hydrogen-bond donors (Lipinski definition) is 1. The van der Waals surface area contributed by atoms with Gasteiger partial charge in [0.2, 0.25) is 0 Å². The van der Waals surface area contributed by atoms with Crippen molar-refractivity contribution in [3.63, 3.8) is 0 Å². The van der Waals surface area contributed by atoms with Crippen molar-refractivity contribution in [2.45, 2.75) is 13.0 Å². The summed E-state index contributed by atoms with van der Waals surface area (Å²) in [6, 6.07) is 4.79. The van der Waals surface area contributed by atoms with Crippen LogP contribution in [0.25, 0.3) is 0 Å². The fraction of sp³-hybridized carbons (Fsp3) is 0.214. The van der Waals surface area contributed by atoms with Crippen molar-refractivity contribution in [2.75, 3.05) is 12.3 Å². The summed E-state index contributed by atoms with van der Waals surface area (Å²) in [4.78, 5) is 11.5. The summed E-state index contributed by atoms with van der Waals surface area (Å²) in [5.41, 5.74) is 5.91. The minimum absolute atomic E-state index is 0.0451. The third kappa shape index (κ3) is 4.04. The highest BCUT2D eigenvalue weighted by molar-refractivity contribution is 9.10. The number of ether oxygens (including phenoxy) is 1. The molecule has 4 nitrogen and oxygen atoms in total. The molecule has 112 valence electrons. The molecule has 0 bridgehead atoms. The van der Waals surface area contributed by atoms with E-state index in [4.69, 9.17) is 10.5 Å². The van der Waals surface area contributed by atoms with E-state index >= 15 is 0 Å². The molecule has 0 aliphatic rings. The number of nitrogen functional groups attached to an aromatic ring is 1. The Morgan fingerprint density at radius 1 is 1.29 bits per heavy atom. The van der Waals surface area contributed by atoms with Crippen LogP contribution in [-0.4, -0.2) is 11.2 Å². The number of anilines is 1. The average Bonchev–Trinajstić information content (AvgIpc) is 2.40. The van der Waals surface area contributed by atoms with Crippen LogP contribution in [0.3, 0.4) is 0 Å². The molecule has 0 amide bonds. The van der Waals surface area contributed by atoms with E-state index in [-0.39, 0.29) is 22.4 Å². The van der Waals surface area contributed by atoms with Crippen molar-refractivity contribution in [1.29, 1.82) is 0 Å². The predicted octanol–water partition coefficient (Wildman–Crippen LogP) is 2.94. The number of nitrogens with zero attached hydrogens (tertiary/aromatic N) is 1. The number of hydrogen-bond acceptors (Lipinski definition) is 3. The molecule has 2 aromatic rings. The van der Waals surface area contributed by atoms with Crippen LogP contribution >= 0.6 is 15.9 Å². The molecule has 1 aromatic carbocycles. The summed E-state index contributed by atoms with van der Waals surface area (Å²) in [6.45, 7) is 0.576. The lowest BCUT2D eigenvalue weighted by molar-refractivity contribution is 0.284. The Labute approximate surface area is 128 Å². The Morgan fingerprint density at radius 3 is 2.76 bits per heavy atom. The Balaban J connectivity index is 1.94. The third-order valence-electron chi connectivity index (χ3n) is 2.76. The smallest absolute Gasteiger partial charge is 0.250 e. The van der Waals surface area contributed by atoms with Gasteiger partial charge in [0, 0.05) is 30.6 Å². The maximum atomic E-state index is 13.5. The van der Waals surface area contributed by atoms with Crippen LogP contribution < -0.4 is 16.0 Å². The third-order valence-corrected chi connectivity index (χ3v) is 3.35. The fourth-order valence-electron chi connectivity index (χ4n) is 1.80. The second-order valence-corrected chi connectivity index (χ2v) is 5.25. The monoisotopic (exact) mass is 358 g/mol. The van der Waals surface area contributed by atoms with Crippen LogP contribution in [0.1, 0.15) is 6.42 Å². The molecule has 1 aromatic heterocycles. The molecule has 0 atom stereocenters. The summed E-state index contributed by atoms with van der Waals surface area (Å²) in [5.74, 6) is -1.50. The van der Waals surface area contributed by atoms with Gasteiger partial charge in [-0.1, -0.05) is 0 Å². The van der Waals surface area contributed by atoms with E-state index in [1.54, 1.807) is 0 Å². The van der Waals surface area contributed by atoms with Crippen molar-refractivity contribution in [3.8, 4) is 5.75 Å². The molecular formula is C14H13BrF2N2O2. The van der Waals surface area contributed by atoms with Gasteiger partial charge in [-0.2, -0.15) is 0 Å². The Bertz CT molecular complexity index is 681. The lowest BCUT2D eigenvalue weighted by atomic mass is 10.3. The minimum atomic E-state index is -0.775. The molecule has 0 spiro atoms. The van der Waals surface area contributed by atoms with Crippen LogP contribution in [0.4, 0.5) is 14.5 Å². The van der Waals surface area contributed by atoms with Crippen LogP contribution in [0.2, 0.25) is 0 Å². The molecule has 7 heteroatoms. The van der Waals surface area contributed by atoms with Crippen molar-refractivity contribution in [2.24, 2.45) is 0 Å². The average molecular weight is 359 g/mol. The van der Waals surface area contributed by atoms with Crippen LogP contribution in [-0.2, 0) is 6.54 Å². The Hall–Kier alpha value is -1.89. The van der Waals surface area contributed by atoms with Crippen LogP contribution in [0.5, 0.6) is 5.75 Å². The highest BCUT2D eigenvalue weighted by Gasteiger charge is 2.10. The predicted molar refractivity (Wildman–Crippen MR) is 79.3 cm³/mol. The zero-order chi connectivity index (χ0) is 15.4. The number of benzene rings is 1.